The van der Waals surface area contributed by atoms with Crippen LogP contribution in [0, 0.1) is 0 Å². The summed E-state index contributed by atoms with van der Waals surface area (Å²) >= 11 is 0. The second-order valence-electron chi connectivity index (χ2n) is 11.2. The number of fused-ring (bicyclic) bond motifs is 5. The van der Waals surface area contributed by atoms with E-state index in [1.54, 1.807) is 0 Å². The lowest BCUT2D eigenvalue weighted by Gasteiger charge is -2.16. The van der Waals surface area contributed by atoms with E-state index in [0.717, 1.165) is 27.9 Å². The van der Waals surface area contributed by atoms with Crippen molar-refractivity contribution in [3.8, 4) is 73.4 Å². The maximum atomic E-state index is 5.20. The van der Waals surface area contributed by atoms with Crippen LogP contribution in [0.1, 0.15) is 0 Å². The third-order valence-corrected chi connectivity index (χ3v) is 8.63. The van der Waals surface area contributed by atoms with E-state index in [4.69, 9.17) is 15.0 Å². The molecule has 0 saturated carbocycles. The first-order valence-corrected chi connectivity index (χ1v) is 15.1. The van der Waals surface area contributed by atoms with Crippen LogP contribution in [0.5, 0.6) is 0 Å². The van der Waals surface area contributed by atoms with Crippen LogP contribution >= 0.6 is 0 Å². The Kier molecular flexibility index (Phi) is 5.78. The van der Waals surface area contributed by atoms with Crippen LogP contribution in [-0.4, -0.2) is 19.5 Å². The van der Waals surface area contributed by atoms with Gasteiger partial charge in [0.05, 0.1) is 11.2 Å². The Hall–Kier alpha value is -6.13. The van der Waals surface area contributed by atoms with Crippen molar-refractivity contribution in [1.82, 2.24) is 19.5 Å². The summed E-state index contributed by atoms with van der Waals surface area (Å²) in [6.07, 6.45) is 0. The molecule has 6 aromatic carbocycles. The van der Waals surface area contributed by atoms with Crippen LogP contribution in [0.4, 0.5) is 0 Å². The molecule has 2 aromatic heterocycles. The van der Waals surface area contributed by atoms with E-state index in [0.29, 0.717) is 17.6 Å². The van der Waals surface area contributed by atoms with Crippen molar-refractivity contribution < 1.29 is 0 Å². The molecule has 4 heteroatoms. The van der Waals surface area contributed by atoms with E-state index in [1.165, 1.54) is 38.8 Å². The van der Waals surface area contributed by atoms with Crippen molar-refractivity contribution in [3.05, 3.63) is 158 Å². The number of rotatable bonds is 4. The lowest BCUT2D eigenvalue weighted by molar-refractivity contribution is 0.938. The molecule has 0 bridgehead atoms. The van der Waals surface area contributed by atoms with Gasteiger partial charge in [-0.3, -0.25) is 4.57 Å². The maximum Gasteiger partial charge on any atom is 0.238 e. The standard InChI is InChI=1S/C41H26N4/c1-4-15-27(16-5-1)38-37-34-24-13-12-23-32(34)30-21-10-11-22-31(30)33-25-14-26-35(36(33)37)45(38)41-43-39(28-17-6-2-7-18-28)42-40(44-41)29-19-8-3-9-20-29/h1-26H. The first-order chi connectivity index (χ1) is 22.3. The van der Waals surface area contributed by atoms with Gasteiger partial charge in [-0.25, -0.2) is 4.98 Å². The molecule has 0 unspecified atom stereocenters. The molecule has 1 aliphatic rings. The van der Waals surface area contributed by atoms with Gasteiger partial charge >= 0.3 is 0 Å². The number of hydrogen-bond donors (Lipinski definition) is 0. The van der Waals surface area contributed by atoms with E-state index in [2.05, 4.69) is 126 Å². The minimum absolute atomic E-state index is 0.585. The predicted octanol–water partition coefficient (Wildman–Crippen LogP) is 10.1. The van der Waals surface area contributed by atoms with Crippen molar-refractivity contribution in [2.45, 2.75) is 0 Å². The van der Waals surface area contributed by atoms with Gasteiger partial charge in [0, 0.05) is 22.1 Å². The summed E-state index contributed by atoms with van der Waals surface area (Å²) in [6.45, 7) is 0. The van der Waals surface area contributed by atoms with E-state index >= 15 is 0 Å². The van der Waals surface area contributed by atoms with Gasteiger partial charge < -0.3 is 0 Å². The third kappa shape index (κ3) is 4.04. The second kappa shape index (κ2) is 10.2. The lowest BCUT2D eigenvalue weighted by atomic mass is 9.93. The first kappa shape index (κ1) is 25.4. The Balaban J connectivity index is 1.46. The molecule has 45 heavy (non-hydrogen) atoms. The summed E-state index contributed by atoms with van der Waals surface area (Å²) in [5.41, 5.74) is 12.3. The third-order valence-electron chi connectivity index (χ3n) is 8.63. The van der Waals surface area contributed by atoms with Gasteiger partial charge in [-0.05, 0) is 39.4 Å². The summed E-state index contributed by atoms with van der Waals surface area (Å²) in [6, 6.07) is 55.0. The molecule has 0 amide bonds. The molecule has 1 aliphatic carbocycles. The molecule has 0 atom stereocenters. The lowest BCUT2D eigenvalue weighted by Crippen LogP contribution is -2.08. The fraction of sp³-hybridized carbons (Fsp3) is 0. The van der Waals surface area contributed by atoms with Gasteiger partial charge in [-0.1, -0.05) is 152 Å². The van der Waals surface area contributed by atoms with Crippen LogP contribution in [0.25, 0.3) is 84.3 Å². The van der Waals surface area contributed by atoms with Crippen molar-refractivity contribution in [2.24, 2.45) is 0 Å². The highest BCUT2D eigenvalue weighted by Gasteiger charge is 2.30. The van der Waals surface area contributed by atoms with Crippen LogP contribution in [0.15, 0.2) is 158 Å². The van der Waals surface area contributed by atoms with Gasteiger partial charge in [0.15, 0.2) is 11.6 Å². The summed E-state index contributed by atoms with van der Waals surface area (Å²) in [4.78, 5) is 15.4. The monoisotopic (exact) mass is 574 g/mol. The first-order valence-electron chi connectivity index (χ1n) is 15.1. The van der Waals surface area contributed by atoms with Gasteiger partial charge in [0.1, 0.15) is 0 Å². The Morgan fingerprint density at radius 2 is 0.800 bits per heavy atom. The second-order valence-corrected chi connectivity index (χ2v) is 11.2. The summed E-state index contributed by atoms with van der Waals surface area (Å²) in [5.74, 6) is 1.85. The molecule has 0 saturated heterocycles. The number of hydrogen-bond acceptors (Lipinski definition) is 3. The molecule has 210 valence electrons. The highest BCUT2D eigenvalue weighted by atomic mass is 15.2. The van der Waals surface area contributed by atoms with E-state index in [9.17, 15) is 0 Å². The molecule has 2 heterocycles. The highest BCUT2D eigenvalue weighted by Crippen LogP contribution is 2.52. The largest absolute Gasteiger partial charge is 0.277 e. The minimum Gasteiger partial charge on any atom is -0.277 e. The molecule has 0 radical (unpaired) electrons. The average Bonchev–Trinajstić information content (AvgIpc) is 3.42. The zero-order chi connectivity index (χ0) is 29.7. The maximum absolute atomic E-state index is 5.20. The van der Waals surface area contributed by atoms with Crippen molar-refractivity contribution >= 4 is 10.9 Å². The van der Waals surface area contributed by atoms with Crippen LogP contribution in [0.3, 0.4) is 0 Å². The van der Waals surface area contributed by atoms with E-state index in [-0.39, 0.29) is 0 Å². The molecule has 9 rings (SSSR count). The molecule has 0 aliphatic heterocycles. The van der Waals surface area contributed by atoms with Crippen LogP contribution in [-0.2, 0) is 0 Å². The van der Waals surface area contributed by atoms with Gasteiger partial charge in [-0.15, -0.1) is 0 Å². The normalized spacial score (nSPS) is 11.6. The van der Waals surface area contributed by atoms with Gasteiger partial charge in [0.25, 0.3) is 0 Å². The molecular weight excluding hydrogens is 548 g/mol. The summed E-state index contributed by atoms with van der Waals surface area (Å²) < 4.78 is 2.24. The molecule has 0 fully saturated rings. The SMILES string of the molecule is c1ccc(-c2nc(-c3ccccc3)nc(-n3c(-c4ccccc4)c4c5c(cccc53)-c3ccccc3-c3ccccc3-4)n2)cc1. The minimum atomic E-state index is 0.585. The fourth-order valence-corrected chi connectivity index (χ4v) is 6.69. The molecule has 8 aromatic rings. The van der Waals surface area contributed by atoms with Crippen LogP contribution in [0.2, 0.25) is 0 Å². The Morgan fingerprint density at radius 1 is 0.356 bits per heavy atom. The van der Waals surface area contributed by atoms with E-state index < -0.39 is 0 Å². The average molecular weight is 575 g/mol. The summed E-state index contributed by atoms with van der Waals surface area (Å²) in [5, 5.41) is 1.19. The molecule has 0 spiro atoms. The number of aromatic nitrogens is 4. The van der Waals surface area contributed by atoms with E-state index in [1.807, 2.05) is 36.4 Å². The Labute approximate surface area is 261 Å². The Bertz CT molecular complexity index is 2300. The van der Waals surface area contributed by atoms with Crippen LogP contribution < -0.4 is 0 Å². The number of benzene rings is 6. The molecular formula is C41H26N4. The molecule has 0 N–H and O–H groups in total. The quantitative estimate of drug-likeness (QED) is 0.210. The van der Waals surface area contributed by atoms with Crippen molar-refractivity contribution in [3.63, 3.8) is 0 Å². The Morgan fingerprint density at radius 3 is 1.38 bits per heavy atom. The topological polar surface area (TPSA) is 43.6 Å². The predicted molar refractivity (Wildman–Crippen MR) is 183 cm³/mol. The zero-order valence-corrected chi connectivity index (χ0v) is 24.3. The van der Waals surface area contributed by atoms with Crippen molar-refractivity contribution in [2.75, 3.05) is 0 Å². The fourth-order valence-electron chi connectivity index (χ4n) is 6.69. The summed E-state index contributed by atoms with van der Waals surface area (Å²) in [7, 11) is 0. The smallest absolute Gasteiger partial charge is 0.238 e. The zero-order valence-electron chi connectivity index (χ0n) is 24.3. The molecule has 4 nitrogen and oxygen atoms in total. The number of nitrogens with zero attached hydrogens (tertiary/aromatic N) is 4. The van der Waals surface area contributed by atoms with Gasteiger partial charge in [-0.2, -0.15) is 9.97 Å². The highest BCUT2D eigenvalue weighted by molar-refractivity contribution is 6.17. The van der Waals surface area contributed by atoms with Crippen molar-refractivity contribution in [1.29, 1.82) is 0 Å². The van der Waals surface area contributed by atoms with Gasteiger partial charge in [0.2, 0.25) is 5.95 Å².